The summed E-state index contributed by atoms with van der Waals surface area (Å²) in [5.74, 6) is 0.713. The van der Waals surface area contributed by atoms with E-state index in [0.717, 1.165) is 0 Å². The molecule has 1 aliphatic rings. The Bertz CT molecular complexity index is 412. The van der Waals surface area contributed by atoms with Gasteiger partial charge in [-0.1, -0.05) is 49.8 Å². The maximum atomic E-state index is 2.38. The average Bonchev–Trinajstić information content (AvgIpc) is 2.16. The summed E-state index contributed by atoms with van der Waals surface area (Å²) >= 11 is 0. The van der Waals surface area contributed by atoms with Gasteiger partial charge < -0.3 is 0 Å². The Morgan fingerprint density at radius 2 is 2.08 bits per heavy atom. The van der Waals surface area contributed by atoms with Gasteiger partial charge in [-0.25, -0.2) is 0 Å². The molecule has 1 aliphatic carbocycles. The second kappa shape index (κ2) is 3.37. The van der Waals surface area contributed by atoms with Crippen LogP contribution in [0, 0.1) is 5.92 Å². The van der Waals surface area contributed by atoms with E-state index in [2.05, 4.69) is 44.2 Å². The van der Waals surface area contributed by atoms with Gasteiger partial charge >= 0.3 is 0 Å². The first-order valence-electron chi connectivity index (χ1n) is 5.10. The summed E-state index contributed by atoms with van der Waals surface area (Å²) in [6.07, 6.45) is 4.82. The highest BCUT2D eigenvalue weighted by Gasteiger charge is 2.07. The van der Waals surface area contributed by atoms with E-state index in [9.17, 15) is 0 Å². The third-order valence-electron chi connectivity index (χ3n) is 2.80. The molecule has 0 saturated carbocycles. The van der Waals surface area contributed by atoms with E-state index in [1.807, 2.05) is 0 Å². The minimum atomic E-state index is 0.713. The van der Waals surface area contributed by atoms with Crippen molar-refractivity contribution in [3.05, 3.63) is 34.7 Å². The van der Waals surface area contributed by atoms with Crippen molar-refractivity contribution in [2.24, 2.45) is 5.92 Å². The zero-order valence-corrected chi connectivity index (χ0v) is 8.38. The fourth-order valence-corrected chi connectivity index (χ4v) is 2.16. The van der Waals surface area contributed by atoms with Gasteiger partial charge in [0.25, 0.3) is 0 Å². The third-order valence-corrected chi connectivity index (χ3v) is 2.80. The van der Waals surface area contributed by atoms with Gasteiger partial charge in [-0.15, -0.1) is 0 Å². The molecular formula is C13H16. The second-order valence-corrected chi connectivity index (χ2v) is 3.89. The lowest BCUT2D eigenvalue weighted by atomic mass is 9.91. The third kappa shape index (κ3) is 1.53. The fraction of sp³-hybridized carbons (Fsp3) is 0.385. The molecule has 0 bridgehead atoms. The molecule has 0 nitrogen and oxygen atoms in total. The summed E-state index contributed by atoms with van der Waals surface area (Å²) in [5, 5.41) is 2.90. The van der Waals surface area contributed by atoms with Gasteiger partial charge in [0.15, 0.2) is 0 Å². The van der Waals surface area contributed by atoms with Crippen molar-refractivity contribution in [3.63, 3.8) is 0 Å². The van der Waals surface area contributed by atoms with Crippen molar-refractivity contribution >= 4 is 11.6 Å². The topological polar surface area (TPSA) is 0 Å². The molecule has 68 valence electrons. The highest BCUT2D eigenvalue weighted by atomic mass is 14.1. The summed E-state index contributed by atoms with van der Waals surface area (Å²) in [6, 6.07) is 8.73. The van der Waals surface area contributed by atoms with Crippen LogP contribution in [-0.2, 0) is 0 Å². The van der Waals surface area contributed by atoms with Gasteiger partial charge in [-0.2, -0.15) is 0 Å². The van der Waals surface area contributed by atoms with E-state index in [0.29, 0.717) is 5.92 Å². The lowest BCUT2D eigenvalue weighted by molar-refractivity contribution is 0.768. The molecule has 0 heteroatoms. The standard InChI is InChI=1S/C13H16/c1-3-11-8-10(2)9-12-6-4-5-7-13(11)12/h4-7,9-10H,3,8H2,1-2H3. The Kier molecular flexibility index (Phi) is 2.22. The smallest absolute Gasteiger partial charge is 0.0195 e. The van der Waals surface area contributed by atoms with Gasteiger partial charge in [-0.05, 0) is 29.2 Å². The van der Waals surface area contributed by atoms with Crippen LogP contribution in [0.25, 0.3) is 11.6 Å². The second-order valence-electron chi connectivity index (χ2n) is 3.89. The molecule has 1 aromatic rings. The van der Waals surface area contributed by atoms with Crippen molar-refractivity contribution in [1.29, 1.82) is 0 Å². The van der Waals surface area contributed by atoms with Crippen molar-refractivity contribution < 1.29 is 0 Å². The van der Waals surface area contributed by atoms with Gasteiger partial charge in [0.05, 0.1) is 0 Å². The Labute approximate surface area is 79.6 Å². The molecule has 1 aromatic carbocycles. The first kappa shape index (κ1) is 8.55. The average molecular weight is 172 g/mol. The summed E-state index contributed by atoms with van der Waals surface area (Å²) < 4.78 is 0. The quantitative estimate of drug-likeness (QED) is 0.608. The molecule has 0 radical (unpaired) electrons. The molecule has 0 fully saturated rings. The van der Waals surface area contributed by atoms with E-state index in [1.54, 1.807) is 5.57 Å². The largest absolute Gasteiger partial charge is 0.0735 e. The maximum absolute atomic E-state index is 2.38. The Morgan fingerprint density at radius 1 is 1.31 bits per heavy atom. The summed E-state index contributed by atoms with van der Waals surface area (Å²) in [6.45, 7) is 4.55. The normalized spacial score (nSPS) is 20.8. The predicted molar refractivity (Wildman–Crippen MR) is 57.6 cm³/mol. The van der Waals surface area contributed by atoms with Gasteiger partial charge in [-0.3, -0.25) is 0 Å². The van der Waals surface area contributed by atoms with E-state index in [4.69, 9.17) is 0 Å². The minimum Gasteiger partial charge on any atom is -0.0735 e. The van der Waals surface area contributed by atoms with Crippen LogP contribution in [-0.4, -0.2) is 0 Å². The molecule has 1 atom stereocenters. The van der Waals surface area contributed by atoms with E-state index < -0.39 is 0 Å². The van der Waals surface area contributed by atoms with Crippen LogP contribution in [0.3, 0.4) is 0 Å². The molecule has 2 rings (SSSR count). The van der Waals surface area contributed by atoms with Gasteiger partial charge in [0.1, 0.15) is 0 Å². The van der Waals surface area contributed by atoms with Crippen LogP contribution in [0.4, 0.5) is 0 Å². The minimum absolute atomic E-state index is 0.713. The predicted octanol–water partition coefficient (Wildman–Crippen LogP) is 2.07. The van der Waals surface area contributed by atoms with E-state index >= 15 is 0 Å². The number of hydrogen-bond acceptors (Lipinski definition) is 0. The van der Waals surface area contributed by atoms with Crippen molar-refractivity contribution in [2.45, 2.75) is 26.7 Å². The number of rotatable bonds is 1. The highest BCUT2D eigenvalue weighted by Crippen LogP contribution is 2.16. The van der Waals surface area contributed by atoms with Crippen molar-refractivity contribution in [2.75, 3.05) is 0 Å². The van der Waals surface area contributed by atoms with Crippen LogP contribution in [0.1, 0.15) is 26.7 Å². The monoisotopic (exact) mass is 172 g/mol. The van der Waals surface area contributed by atoms with E-state index in [-0.39, 0.29) is 0 Å². The zero-order chi connectivity index (χ0) is 9.26. The van der Waals surface area contributed by atoms with Crippen LogP contribution in [0.5, 0.6) is 0 Å². The lowest BCUT2D eigenvalue weighted by Gasteiger charge is -2.14. The van der Waals surface area contributed by atoms with Crippen LogP contribution in [0.15, 0.2) is 24.3 Å². The highest BCUT2D eigenvalue weighted by molar-refractivity contribution is 5.51. The maximum Gasteiger partial charge on any atom is -0.0195 e. The molecule has 0 aliphatic heterocycles. The zero-order valence-electron chi connectivity index (χ0n) is 8.38. The lowest BCUT2D eigenvalue weighted by Crippen LogP contribution is -2.30. The summed E-state index contributed by atoms with van der Waals surface area (Å²) in [7, 11) is 0. The van der Waals surface area contributed by atoms with Crippen LogP contribution in [0.2, 0.25) is 0 Å². The fourth-order valence-electron chi connectivity index (χ4n) is 2.16. The molecule has 13 heavy (non-hydrogen) atoms. The summed E-state index contributed by atoms with van der Waals surface area (Å²) in [4.78, 5) is 0. The van der Waals surface area contributed by atoms with Crippen molar-refractivity contribution in [3.8, 4) is 0 Å². The molecule has 1 unspecified atom stereocenters. The van der Waals surface area contributed by atoms with Crippen molar-refractivity contribution in [1.82, 2.24) is 0 Å². The number of fused-ring (bicyclic) bond motifs is 1. The van der Waals surface area contributed by atoms with Crippen LogP contribution >= 0.6 is 0 Å². The summed E-state index contributed by atoms with van der Waals surface area (Å²) in [5.41, 5.74) is 1.62. The Morgan fingerprint density at radius 3 is 2.85 bits per heavy atom. The first-order chi connectivity index (χ1) is 6.31. The number of benzene rings is 1. The molecule has 0 N–H and O–H groups in total. The van der Waals surface area contributed by atoms with Crippen LogP contribution < -0.4 is 10.4 Å². The molecule has 0 spiro atoms. The molecular weight excluding hydrogens is 156 g/mol. The number of hydrogen-bond donors (Lipinski definition) is 0. The molecule has 0 amide bonds. The Balaban J connectivity index is 2.75. The molecule has 0 aromatic heterocycles. The SMILES string of the molecule is CCC1=c2ccccc2=CC(C)C1. The van der Waals surface area contributed by atoms with E-state index in [1.165, 1.54) is 23.3 Å². The van der Waals surface area contributed by atoms with Gasteiger partial charge in [0, 0.05) is 0 Å². The molecule has 0 saturated heterocycles. The molecule has 0 heterocycles. The first-order valence-corrected chi connectivity index (χ1v) is 5.10. The Hall–Kier alpha value is -1.04. The van der Waals surface area contributed by atoms with Gasteiger partial charge in [0.2, 0.25) is 0 Å².